The number of hydrogen-bond donors (Lipinski definition) is 2. The van der Waals surface area contributed by atoms with Gasteiger partial charge in [0.1, 0.15) is 0 Å². The van der Waals surface area contributed by atoms with Gasteiger partial charge in [0.2, 0.25) is 0 Å². The molecular weight excluding hydrogens is 294 g/mol. The highest BCUT2D eigenvalue weighted by molar-refractivity contribution is 6.00. The molecule has 2 atom stereocenters. The Balaban J connectivity index is 1.80. The number of nitrogens with zero attached hydrogens (tertiary/aromatic N) is 2. The van der Waals surface area contributed by atoms with Gasteiger partial charge in [-0.25, -0.2) is 4.52 Å². The van der Waals surface area contributed by atoms with Gasteiger partial charge in [-0.05, 0) is 25.0 Å². The van der Waals surface area contributed by atoms with Crippen molar-refractivity contribution in [2.75, 3.05) is 0 Å². The maximum absolute atomic E-state index is 12.6. The van der Waals surface area contributed by atoms with Crippen molar-refractivity contribution in [3.63, 3.8) is 0 Å². The fraction of sp³-hybridized carbons (Fsp3) is 0.471. The molecule has 2 heterocycles. The summed E-state index contributed by atoms with van der Waals surface area (Å²) in [6.45, 7) is 0. The van der Waals surface area contributed by atoms with Gasteiger partial charge in [-0.2, -0.15) is 5.10 Å². The molecule has 1 saturated carbocycles. The Morgan fingerprint density at radius 3 is 2.74 bits per heavy atom. The molecule has 1 aliphatic rings. The average Bonchev–Trinajstić information content (AvgIpc) is 2.93. The molecule has 1 amide bonds. The highest BCUT2D eigenvalue weighted by Gasteiger charge is 2.30. The first-order valence-electron chi connectivity index (χ1n) is 8.13. The van der Waals surface area contributed by atoms with Crippen LogP contribution in [-0.4, -0.2) is 32.6 Å². The molecule has 3 rings (SSSR count). The van der Waals surface area contributed by atoms with E-state index >= 15 is 0 Å². The van der Waals surface area contributed by atoms with Gasteiger partial charge in [0.15, 0.2) is 0 Å². The molecule has 1 aliphatic carbocycles. The Labute approximate surface area is 134 Å². The second-order valence-corrected chi connectivity index (χ2v) is 6.10. The summed E-state index contributed by atoms with van der Waals surface area (Å²) in [7, 11) is 0. The monoisotopic (exact) mass is 315 g/mol. The Morgan fingerprint density at radius 1 is 1.17 bits per heavy atom. The van der Waals surface area contributed by atoms with Crippen LogP contribution in [0.4, 0.5) is 0 Å². The minimum atomic E-state index is -0.822. The van der Waals surface area contributed by atoms with Crippen molar-refractivity contribution in [2.45, 2.75) is 44.6 Å². The molecule has 2 aromatic heterocycles. The zero-order valence-corrected chi connectivity index (χ0v) is 12.9. The first-order chi connectivity index (χ1) is 11.2. The van der Waals surface area contributed by atoms with Gasteiger partial charge >= 0.3 is 5.97 Å². The Morgan fingerprint density at radius 2 is 1.96 bits per heavy atom. The standard InChI is InChI=1S/C17H21N3O3/c21-16(13-11-18-20-10-6-5-9-15(13)20)19-14-8-4-2-1-3-7-12(14)17(22)23/h5-6,9-12,14H,1-4,7-8H2,(H,19,21)(H,22,23). The summed E-state index contributed by atoms with van der Waals surface area (Å²) in [6, 6.07) is 5.20. The van der Waals surface area contributed by atoms with Crippen LogP contribution in [0.5, 0.6) is 0 Å². The Kier molecular flexibility index (Phi) is 4.60. The molecule has 2 unspecified atom stereocenters. The fourth-order valence-corrected chi connectivity index (χ4v) is 3.31. The van der Waals surface area contributed by atoms with E-state index in [1.54, 1.807) is 10.7 Å². The van der Waals surface area contributed by atoms with Crippen LogP contribution in [0.25, 0.3) is 5.52 Å². The minimum absolute atomic E-state index is 0.247. The molecule has 0 saturated heterocycles. The lowest BCUT2D eigenvalue weighted by atomic mass is 9.86. The molecule has 0 aromatic carbocycles. The first kappa shape index (κ1) is 15.5. The predicted octanol–water partition coefficient (Wildman–Crippen LogP) is 2.49. The number of carbonyl (C=O) groups excluding carboxylic acids is 1. The van der Waals surface area contributed by atoms with Crippen molar-refractivity contribution < 1.29 is 14.7 Å². The van der Waals surface area contributed by atoms with Crippen LogP contribution >= 0.6 is 0 Å². The summed E-state index contributed by atoms with van der Waals surface area (Å²) in [6.07, 6.45) is 8.65. The molecule has 2 aromatic rings. The van der Waals surface area contributed by atoms with E-state index in [2.05, 4.69) is 10.4 Å². The smallest absolute Gasteiger partial charge is 0.308 e. The SMILES string of the molecule is O=C(NC1CCCCCCC1C(=O)O)c1cnn2ccccc12. The first-order valence-corrected chi connectivity index (χ1v) is 8.13. The van der Waals surface area contributed by atoms with Gasteiger partial charge in [-0.1, -0.05) is 31.7 Å². The summed E-state index contributed by atoms with van der Waals surface area (Å²) in [5.41, 5.74) is 1.21. The summed E-state index contributed by atoms with van der Waals surface area (Å²) in [4.78, 5) is 24.1. The van der Waals surface area contributed by atoms with E-state index in [1.807, 2.05) is 18.2 Å². The molecule has 6 nitrogen and oxygen atoms in total. The van der Waals surface area contributed by atoms with Crippen LogP contribution in [0, 0.1) is 5.92 Å². The number of carbonyl (C=O) groups is 2. The number of carboxylic acid groups (broad SMARTS) is 1. The van der Waals surface area contributed by atoms with E-state index in [0.717, 1.165) is 31.2 Å². The molecule has 1 fully saturated rings. The normalized spacial score (nSPS) is 22.3. The van der Waals surface area contributed by atoms with E-state index in [0.29, 0.717) is 18.4 Å². The van der Waals surface area contributed by atoms with Crippen molar-refractivity contribution in [1.29, 1.82) is 0 Å². The van der Waals surface area contributed by atoms with E-state index in [1.165, 1.54) is 6.20 Å². The van der Waals surface area contributed by atoms with E-state index in [-0.39, 0.29) is 11.9 Å². The summed E-state index contributed by atoms with van der Waals surface area (Å²) in [5, 5.41) is 16.6. The Hall–Kier alpha value is -2.37. The van der Waals surface area contributed by atoms with Crippen LogP contribution in [0.15, 0.2) is 30.6 Å². The molecule has 122 valence electrons. The van der Waals surface area contributed by atoms with Crippen LogP contribution < -0.4 is 5.32 Å². The average molecular weight is 315 g/mol. The van der Waals surface area contributed by atoms with Gasteiger partial charge in [-0.15, -0.1) is 0 Å². The second-order valence-electron chi connectivity index (χ2n) is 6.10. The zero-order chi connectivity index (χ0) is 16.2. The van der Waals surface area contributed by atoms with Gasteiger partial charge in [0.05, 0.1) is 23.2 Å². The number of pyridine rings is 1. The molecular formula is C17H21N3O3. The van der Waals surface area contributed by atoms with Crippen LogP contribution in [0.2, 0.25) is 0 Å². The number of aliphatic carboxylic acids is 1. The van der Waals surface area contributed by atoms with Crippen molar-refractivity contribution in [3.05, 3.63) is 36.2 Å². The van der Waals surface area contributed by atoms with Crippen molar-refractivity contribution >= 4 is 17.4 Å². The Bertz CT molecular complexity index is 710. The van der Waals surface area contributed by atoms with E-state index < -0.39 is 11.9 Å². The summed E-state index contributed by atoms with van der Waals surface area (Å²) in [5.74, 6) is -1.58. The number of amides is 1. The molecule has 6 heteroatoms. The highest BCUT2D eigenvalue weighted by Crippen LogP contribution is 2.24. The number of carboxylic acids is 1. The van der Waals surface area contributed by atoms with Crippen molar-refractivity contribution in [1.82, 2.24) is 14.9 Å². The minimum Gasteiger partial charge on any atom is -0.481 e. The number of aromatic nitrogens is 2. The molecule has 2 N–H and O–H groups in total. The van der Waals surface area contributed by atoms with Gasteiger partial charge in [0.25, 0.3) is 5.91 Å². The molecule has 0 radical (unpaired) electrons. The molecule has 0 spiro atoms. The lowest BCUT2D eigenvalue weighted by Gasteiger charge is -2.27. The predicted molar refractivity (Wildman–Crippen MR) is 85.3 cm³/mol. The van der Waals surface area contributed by atoms with Crippen molar-refractivity contribution in [2.24, 2.45) is 5.92 Å². The number of hydrogen-bond acceptors (Lipinski definition) is 3. The van der Waals surface area contributed by atoms with Crippen LogP contribution in [0.1, 0.15) is 48.9 Å². The van der Waals surface area contributed by atoms with Gasteiger partial charge in [-0.3, -0.25) is 9.59 Å². The number of rotatable bonds is 3. The van der Waals surface area contributed by atoms with E-state index in [4.69, 9.17) is 0 Å². The third kappa shape index (κ3) is 3.36. The molecule has 23 heavy (non-hydrogen) atoms. The van der Waals surface area contributed by atoms with Crippen LogP contribution in [-0.2, 0) is 4.79 Å². The quantitative estimate of drug-likeness (QED) is 0.911. The number of nitrogens with one attached hydrogen (secondary N) is 1. The third-order valence-electron chi connectivity index (χ3n) is 4.57. The lowest BCUT2D eigenvalue weighted by Crippen LogP contribution is -2.43. The van der Waals surface area contributed by atoms with Crippen molar-refractivity contribution in [3.8, 4) is 0 Å². The largest absolute Gasteiger partial charge is 0.481 e. The third-order valence-corrected chi connectivity index (χ3v) is 4.57. The number of fused-ring (bicyclic) bond motifs is 1. The zero-order valence-electron chi connectivity index (χ0n) is 12.9. The molecule has 0 bridgehead atoms. The fourth-order valence-electron chi connectivity index (χ4n) is 3.31. The molecule has 0 aliphatic heterocycles. The topological polar surface area (TPSA) is 83.7 Å². The maximum Gasteiger partial charge on any atom is 0.308 e. The summed E-state index contributed by atoms with van der Waals surface area (Å²) >= 11 is 0. The summed E-state index contributed by atoms with van der Waals surface area (Å²) < 4.78 is 1.64. The van der Waals surface area contributed by atoms with E-state index in [9.17, 15) is 14.7 Å². The second kappa shape index (κ2) is 6.81. The van der Waals surface area contributed by atoms with Gasteiger partial charge < -0.3 is 10.4 Å². The lowest BCUT2D eigenvalue weighted by molar-refractivity contribution is -0.143. The highest BCUT2D eigenvalue weighted by atomic mass is 16.4. The maximum atomic E-state index is 12.6. The van der Waals surface area contributed by atoms with Gasteiger partial charge in [0, 0.05) is 12.2 Å². The van der Waals surface area contributed by atoms with Crippen LogP contribution in [0.3, 0.4) is 0 Å².